The fourth-order valence-electron chi connectivity index (χ4n) is 3.21. The van der Waals surface area contributed by atoms with E-state index in [-0.39, 0.29) is 16.9 Å². The second-order valence-electron chi connectivity index (χ2n) is 6.42. The molecule has 0 bridgehead atoms. The molecule has 0 saturated heterocycles. The molecule has 0 unspecified atom stereocenters. The maximum absolute atomic E-state index is 12.2. The van der Waals surface area contributed by atoms with Crippen molar-refractivity contribution in [3.8, 4) is 0 Å². The molecule has 1 rings (SSSR count). The van der Waals surface area contributed by atoms with Crippen LogP contribution < -0.4 is 5.32 Å². The SMILES string of the molecule is CC1(C)CC(NC(=O)C(F)F)CC(C)(C)C1. The number of alkyl halides is 2. The molecule has 1 fully saturated rings. The molecule has 1 aliphatic rings. The van der Waals surface area contributed by atoms with Gasteiger partial charge < -0.3 is 5.32 Å². The maximum Gasteiger partial charge on any atom is 0.315 e. The molecule has 0 atom stereocenters. The standard InChI is InChI=1S/C12H21F2NO/c1-11(2)5-8(6-12(3,4)7-11)15-10(16)9(13)14/h8-9H,5-7H2,1-4H3,(H,15,16). The minimum atomic E-state index is -2.91. The molecular weight excluding hydrogens is 212 g/mol. The van der Waals surface area contributed by atoms with Crippen molar-refractivity contribution in [2.45, 2.75) is 59.4 Å². The molecule has 1 amide bonds. The van der Waals surface area contributed by atoms with Gasteiger partial charge in [-0.15, -0.1) is 0 Å². The molecular formula is C12H21F2NO. The van der Waals surface area contributed by atoms with Crippen molar-refractivity contribution < 1.29 is 13.6 Å². The monoisotopic (exact) mass is 233 g/mol. The van der Waals surface area contributed by atoms with E-state index in [0.717, 1.165) is 19.3 Å². The fraction of sp³-hybridized carbons (Fsp3) is 0.917. The first-order valence-corrected chi connectivity index (χ1v) is 5.70. The van der Waals surface area contributed by atoms with Crippen molar-refractivity contribution in [3.05, 3.63) is 0 Å². The van der Waals surface area contributed by atoms with E-state index < -0.39 is 12.3 Å². The van der Waals surface area contributed by atoms with Crippen LogP contribution >= 0.6 is 0 Å². The molecule has 94 valence electrons. The van der Waals surface area contributed by atoms with Crippen molar-refractivity contribution in [2.75, 3.05) is 0 Å². The summed E-state index contributed by atoms with van der Waals surface area (Å²) in [6, 6.07) is -0.125. The Morgan fingerprint density at radius 1 is 1.19 bits per heavy atom. The zero-order valence-electron chi connectivity index (χ0n) is 10.4. The van der Waals surface area contributed by atoms with Crippen molar-refractivity contribution in [2.24, 2.45) is 10.8 Å². The van der Waals surface area contributed by atoms with Crippen LogP contribution in [0, 0.1) is 10.8 Å². The van der Waals surface area contributed by atoms with E-state index in [4.69, 9.17) is 0 Å². The van der Waals surface area contributed by atoms with Gasteiger partial charge in [0.1, 0.15) is 0 Å². The zero-order valence-corrected chi connectivity index (χ0v) is 10.4. The van der Waals surface area contributed by atoms with Gasteiger partial charge in [0.25, 0.3) is 5.91 Å². The summed E-state index contributed by atoms with van der Waals surface area (Å²) in [6.07, 6.45) is -0.307. The van der Waals surface area contributed by atoms with Crippen LogP contribution in [0.5, 0.6) is 0 Å². The molecule has 0 heterocycles. The highest BCUT2D eigenvalue weighted by Gasteiger charge is 2.39. The summed E-state index contributed by atoms with van der Waals surface area (Å²) in [7, 11) is 0. The molecule has 1 N–H and O–H groups in total. The Labute approximate surface area is 95.8 Å². The Kier molecular flexibility index (Phi) is 3.60. The third kappa shape index (κ3) is 3.72. The Morgan fingerprint density at radius 2 is 1.62 bits per heavy atom. The molecule has 0 radical (unpaired) electrons. The topological polar surface area (TPSA) is 29.1 Å². The van der Waals surface area contributed by atoms with E-state index in [0.29, 0.717) is 0 Å². The number of rotatable bonds is 2. The van der Waals surface area contributed by atoms with Gasteiger partial charge in [0.15, 0.2) is 0 Å². The third-order valence-corrected chi connectivity index (χ3v) is 3.10. The lowest BCUT2D eigenvalue weighted by molar-refractivity contribution is -0.133. The molecule has 4 heteroatoms. The normalized spacial score (nSPS) is 24.4. The highest BCUT2D eigenvalue weighted by Crippen LogP contribution is 2.45. The van der Waals surface area contributed by atoms with Gasteiger partial charge in [0, 0.05) is 6.04 Å². The molecule has 0 aromatic rings. The lowest BCUT2D eigenvalue weighted by Gasteiger charge is -2.45. The summed E-state index contributed by atoms with van der Waals surface area (Å²) < 4.78 is 24.3. The summed E-state index contributed by atoms with van der Waals surface area (Å²) >= 11 is 0. The first kappa shape index (κ1) is 13.4. The van der Waals surface area contributed by atoms with Crippen LogP contribution in [-0.4, -0.2) is 18.4 Å². The molecule has 0 aromatic carbocycles. The minimum Gasteiger partial charge on any atom is -0.348 e. The highest BCUT2D eigenvalue weighted by atomic mass is 19.3. The van der Waals surface area contributed by atoms with Crippen molar-refractivity contribution in [1.29, 1.82) is 0 Å². The average molecular weight is 233 g/mol. The predicted octanol–water partition coefficient (Wildman–Crippen LogP) is 2.97. The Balaban J connectivity index is 2.64. The first-order chi connectivity index (χ1) is 7.11. The van der Waals surface area contributed by atoms with Crippen LogP contribution in [0.4, 0.5) is 8.78 Å². The minimum absolute atomic E-state index is 0.0990. The molecule has 0 spiro atoms. The molecule has 1 aliphatic carbocycles. The number of carbonyl (C=O) groups excluding carboxylic acids is 1. The summed E-state index contributed by atoms with van der Waals surface area (Å²) in [5, 5.41) is 2.44. The average Bonchev–Trinajstić information content (AvgIpc) is 1.96. The smallest absolute Gasteiger partial charge is 0.315 e. The maximum atomic E-state index is 12.2. The van der Waals surface area contributed by atoms with Crippen LogP contribution in [0.2, 0.25) is 0 Å². The summed E-state index contributed by atoms with van der Waals surface area (Å²) in [6.45, 7) is 8.48. The largest absolute Gasteiger partial charge is 0.348 e. The van der Waals surface area contributed by atoms with Gasteiger partial charge in [-0.05, 0) is 30.1 Å². The number of carbonyl (C=O) groups is 1. The summed E-state index contributed by atoms with van der Waals surface area (Å²) in [5.41, 5.74) is 0.198. The Morgan fingerprint density at radius 3 is 2.00 bits per heavy atom. The van der Waals surface area contributed by atoms with Crippen LogP contribution in [0.25, 0.3) is 0 Å². The first-order valence-electron chi connectivity index (χ1n) is 5.70. The second kappa shape index (κ2) is 4.30. The third-order valence-electron chi connectivity index (χ3n) is 3.10. The summed E-state index contributed by atoms with van der Waals surface area (Å²) in [5.74, 6) is -1.14. The van der Waals surface area contributed by atoms with Gasteiger partial charge in [-0.25, -0.2) is 0 Å². The van der Waals surface area contributed by atoms with E-state index in [2.05, 4.69) is 33.0 Å². The van der Waals surface area contributed by atoms with Gasteiger partial charge in [0.05, 0.1) is 0 Å². The van der Waals surface area contributed by atoms with Crippen LogP contribution in [-0.2, 0) is 4.79 Å². The van der Waals surface area contributed by atoms with Gasteiger partial charge in [0.2, 0.25) is 0 Å². The number of nitrogens with one attached hydrogen (secondary N) is 1. The second-order valence-corrected chi connectivity index (χ2v) is 6.42. The number of hydrogen-bond acceptors (Lipinski definition) is 1. The molecule has 2 nitrogen and oxygen atoms in total. The number of hydrogen-bond donors (Lipinski definition) is 1. The van der Waals surface area contributed by atoms with Gasteiger partial charge in [-0.3, -0.25) is 4.79 Å². The number of amides is 1. The van der Waals surface area contributed by atoms with Crippen LogP contribution in [0.15, 0.2) is 0 Å². The highest BCUT2D eigenvalue weighted by molar-refractivity contribution is 5.79. The van der Waals surface area contributed by atoms with Gasteiger partial charge in [-0.2, -0.15) is 8.78 Å². The number of halogens is 2. The molecule has 0 aromatic heterocycles. The quantitative estimate of drug-likeness (QED) is 0.780. The van der Waals surface area contributed by atoms with Gasteiger partial charge >= 0.3 is 6.43 Å². The van der Waals surface area contributed by atoms with E-state index >= 15 is 0 Å². The van der Waals surface area contributed by atoms with Crippen LogP contribution in [0.1, 0.15) is 47.0 Å². The zero-order chi connectivity index (χ0) is 12.6. The lowest BCUT2D eigenvalue weighted by atomic mass is 9.63. The predicted molar refractivity (Wildman–Crippen MR) is 59.3 cm³/mol. The van der Waals surface area contributed by atoms with E-state index in [1.807, 2.05) is 0 Å². The van der Waals surface area contributed by atoms with Crippen LogP contribution in [0.3, 0.4) is 0 Å². The fourth-order valence-corrected chi connectivity index (χ4v) is 3.21. The lowest BCUT2D eigenvalue weighted by Crippen LogP contribution is -2.47. The molecule has 1 saturated carbocycles. The van der Waals surface area contributed by atoms with E-state index in [1.165, 1.54) is 0 Å². The summed E-state index contributed by atoms with van der Waals surface area (Å²) in [4.78, 5) is 11.0. The molecule has 16 heavy (non-hydrogen) atoms. The van der Waals surface area contributed by atoms with Crippen molar-refractivity contribution in [1.82, 2.24) is 5.32 Å². The Bertz CT molecular complexity index is 258. The Hall–Kier alpha value is -0.670. The van der Waals surface area contributed by atoms with E-state index in [1.54, 1.807) is 0 Å². The van der Waals surface area contributed by atoms with E-state index in [9.17, 15) is 13.6 Å². The van der Waals surface area contributed by atoms with Crippen molar-refractivity contribution >= 4 is 5.91 Å². The van der Waals surface area contributed by atoms with Crippen molar-refractivity contribution in [3.63, 3.8) is 0 Å². The molecule has 0 aliphatic heterocycles. The van der Waals surface area contributed by atoms with Gasteiger partial charge in [-0.1, -0.05) is 27.7 Å².